The Morgan fingerprint density at radius 2 is 1.83 bits per heavy atom. The molecule has 2 heterocycles. The number of nitrogens with one attached hydrogen (secondary N) is 2. The van der Waals surface area contributed by atoms with Crippen LogP contribution in [0.3, 0.4) is 0 Å². The number of benzene rings is 1. The van der Waals surface area contributed by atoms with Crippen LogP contribution in [-0.2, 0) is 14.9 Å². The minimum absolute atomic E-state index is 0.0341. The zero-order chi connectivity index (χ0) is 25.4. The van der Waals surface area contributed by atoms with E-state index in [1.54, 1.807) is 16.8 Å². The summed E-state index contributed by atoms with van der Waals surface area (Å²) in [4.78, 5) is 28.1. The normalized spacial score (nSPS) is 12.1. The lowest BCUT2D eigenvalue weighted by molar-refractivity contribution is -0.140. The fourth-order valence-electron chi connectivity index (χ4n) is 3.60. The van der Waals surface area contributed by atoms with Gasteiger partial charge in [-0.2, -0.15) is 5.10 Å². The number of amides is 1. The summed E-state index contributed by atoms with van der Waals surface area (Å²) in [5, 5.41) is 10.8. The minimum Gasteiger partial charge on any atom is -0.469 e. The molecule has 0 radical (unpaired) electrons. The summed E-state index contributed by atoms with van der Waals surface area (Å²) in [5.74, 6) is 0.199. The molecule has 0 spiro atoms. The van der Waals surface area contributed by atoms with Crippen LogP contribution in [0, 0.1) is 0 Å². The van der Waals surface area contributed by atoms with Gasteiger partial charge < -0.3 is 15.4 Å². The molecule has 8 nitrogen and oxygen atoms in total. The van der Waals surface area contributed by atoms with Crippen LogP contribution >= 0.6 is 0 Å². The Labute approximate surface area is 207 Å². The van der Waals surface area contributed by atoms with E-state index in [0.29, 0.717) is 5.56 Å². The number of rotatable bonds is 10. The molecule has 1 amide bonds. The molecule has 1 aromatic carbocycles. The maximum absolute atomic E-state index is 12.3. The number of aromatic nitrogens is 3. The Morgan fingerprint density at radius 3 is 2.40 bits per heavy atom. The number of hydrogen-bond donors (Lipinski definition) is 2. The molecule has 1 atom stereocenters. The molecular weight excluding hydrogens is 442 g/mol. The molecule has 0 saturated carbocycles. The molecule has 3 aromatic rings. The first-order valence-electron chi connectivity index (χ1n) is 11.9. The molecule has 0 fully saturated rings. The topological polar surface area (TPSA) is 98.1 Å². The van der Waals surface area contributed by atoms with Crippen LogP contribution in [0.25, 0.3) is 5.82 Å². The van der Waals surface area contributed by atoms with Gasteiger partial charge in [0, 0.05) is 18.3 Å². The monoisotopic (exact) mass is 477 g/mol. The van der Waals surface area contributed by atoms with Crippen LogP contribution in [-0.4, -0.2) is 40.3 Å². The molecule has 3 rings (SSSR count). The number of ether oxygens (including phenoxy) is 1. The van der Waals surface area contributed by atoms with E-state index in [4.69, 9.17) is 0 Å². The highest BCUT2D eigenvalue weighted by atomic mass is 16.5. The van der Waals surface area contributed by atoms with Crippen molar-refractivity contribution in [2.24, 2.45) is 0 Å². The van der Waals surface area contributed by atoms with E-state index in [1.165, 1.54) is 7.11 Å². The van der Waals surface area contributed by atoms with Crippen molar-refractivity contribution in [3.63, 3.8) is 0 Å². The number of anilines is 1. The molecule has 186 valence electrons. The summed E-state index contributed by atoms with van der Waals surface area (Å²) in [5.41, 5.74) is 3.75. The van der Waals surface area contributed by atoms with Crippen molar-refractivity contribution in [1.29, 1.82) is 0 Å². The first kappa shape index (κ1) is 25.9. The van der Waals surface area contributed by atoms with Crippen LogP contribution in [0.15, 0.2) is 55.0 Å². The van der Waals surface area contributed by atoms with Crippen molar-refractivity contribution < 1.29 is 14.3 Å². The van der Waals surface area contributed by atoms with Crippen molar-refractivity contribution in [3.8, 4) is 5.82 Å². The van der Waals surface area contributed by atoms with E-state index >= 15 is 0 Å². The SMILES string of the molecule is CCCC(Nc1ccc(-n2cc(C(C)(C)C)cn2)nc1)c1ccc(C(=O)NCCC(=O)OC)cc1. The number of methoxy groups -OCH3 is 1. The maximum Gasteiger partial charge on any atom is 0.307 e. The van der Waals surface area contributed by atoms with Gasteiger partial charge in [-0.05, 0) is 47.2 Å². The molecule has 0 aliphatic rings. The van der Waals surface area contributed by atoms with E-state index in [1.807, 2.05) is 42.9 Å². The third-order valence-electron chi connectivity index (χ3n) is 5.77. The molecular formula is C27H35N5O3. The van der Waals surface area contributed by atoms with Gasteiger partial charge >= 0.3 is 5.97 Å². The minimum atomic E-state index is -0.351. The summed E-state index contributed by atoms with van der Waals surface area (Å²) >= 11 is 0. The van der Waals surface area contributed by atoms with Crippen molar-refractivity contribution in [2.75, 3.05) is 19.0 Å². The number of esters is 1. The first-order valence-corrected chi connectivity index (χ1v) is 11.9. The van der Waals surface area contributed by atoms with Gasteiger partial charge in [0.2, 0.25) is 0 Å². The Balaban J connectivity index is 1.65. The van der Waals surface area contributed by atoms with Crippen LogP contribution < -0.4 is 10.6 Å². The lowest BCUT2D eigenvalue weighted by atomic mass is 9.90. The van der Waals surface area contributed by atoms with Gasteiger partial charge in [-0.25, -0.2) is 9.67 Å². The fraction of sp³-hybridized carbons (Fsp3) is 0.407. The largest absolute Gasteiger partial charge is 0.469 e. The van der Waals surface area contributed by atoms with Crippen molar-refractivity contribution in [3.05, 3.63) is 71.7 Å². The summed E-state index contributed by atoms with van der Waals surface area (Å²) in [6, 6.07) is 11.6. The van der Waals surface area contributed by atoms with E-state index in [9.17, 15) is 9.59 Å². The molecule has 2 N–H and O–H groups in total. The summed E-state index contributed by atoms with van der Waals surface area (Å²) in [6.07, 6.45) is 7.80. The van der Waals surface area contributed by atoms with Gasteiger partial charge in [0.15, 0.2) is 5.82 Å². The van der Waals surface area contributed by atoms with Gasteiger partial charge in [0.05, 0.1) is 37.7 Å². The van der Waals surface area contributed by atoms with Gasteiger partial charge in [0.25, 0.3) is 5.91 Å². The van der Waals surface area contributed by atoms with Crippen LogP contribution in [0.5, 0.6) is 0 Å². The number of hydrogen-bond acceptors (Lipinski definition) is 6. The molecule has 0 saturated heterocycles. The van der Waals surface area contributed by atoms with Gasteiger partial charge in [0.1, 0.15) is 0 Å². The smallest absolute Gasteiger partial charge is 0.307 e. The molecule has 2 aromatic heterocycles. The van der Waals surface area contributed by atoms with Crippen LogP contribution in [0.1, 0.15) is 74.5 Å². The van der Waals surface area contributed by atoms with Gasteiger partial charge in [-0.1, -0.05) is 46.2 Å². The maximum atomic E-state index is 12.3. The van der Waals surface area contributed by atoms with Crippen molar-refractivity contribution >= 4 is 17.6 Å². The molecule has 0 bridgehead atoms. The van der Waals surface area contributed by atoms with Crippen molar-refractivity contribution in [1.82, 2.24) is 20.1 Å². The number of nitrogens with zero attached hydrogens (tertiary/aromatic N) is 3. The Bertz CT molecular complexity index is 1110. The highest BCUT2D eigenvalue weighted by Gasteiger charge is 2.17. The highest BCUT2D eigenvalue weighted by Crippen LogP contribution is 2.25. The quantitative estimate of drug-likeness (QED) is 0.407. The summed E-state index contributed by atoms with van der Waals surface area (Å²) in [6.45, 7) is 8.86. The molecule has 1 unspecified atom stereocenters. The predicted molar refractivity (Wildman–Crippen MR) is 137 cm³/mol. The molecule has 35 heavy (non-hydrogen) atoms. The van der Waals surface area contributed by atoms with E-state index in [2.05, 4.69) is 53.1 Å². The van der Waals surface area contributed by atoms with Crippen LogP contribution in [0.2, 0.25) is 0 Å². The zero-order valence-electron chi connectivity index (χ0n) is 21.2. The Morgan fingerprint density at radius 1 is 1.09 bits per heavy atom. The van der Waals surface area contributed by atoms with Gasteiger partial charge in [-0.3, -0.25) is 9.59 Å². The average Bonchev–Trinajstić information content (AvgIpc) is 3.35. The third-order valence-corrected chi connectivity index (χ3v) is 5.77. The second-order valence-corrected chi connectivity index (χ2v) is 9.52. The summed E-state index contributed by atoms with van der Waals surface area (Å²) < 4.78 is 6.38. The number of carbonyl (C=O) groups is 2. The molecule has 8 heteroatoms. The number of carbonyl (C=O) groups excluding carboxylic acids is 2. The van der Waals surface area contributed by atoms with E-state index in [0.717, 1.165) is 35.5 Å². The summed E-state index contributed by atoms with van der Waals surface area (Å²) in [7, 11) is 1.33. The molecule has 0 aliphatic carbocycles. The highest BCUT2D eigenvalue weighted by molar-refractivity contribution is 5.94. The second kappa shape index (κ2) is 11.6. The zero-order valence-corrected chi connectivity index (χ0v) is 21.2. The fourth-order valence-corrected chi connectivity index (χ4v) is 3.60. The van der Waals surface area contributed by atoms with E-state index in [-0.39, 0.29) is 36.3 Å². The van der Waals surface area contributed by atoms with Crippen molar-refractivity contribution in [2.45, 2.75) is 58.4 Å². The van der Waals surface area contributed by atoms with Gasteiger partial charge in [-0.15, -0.1) is 0 Å². The third kappa shape index (κ3) is 7.15. The first-order chi connectivity index (χ1) is 16.7. The standard InChI is InChI=1S/C27H35N5O3/c1-6-7-23(19-8-10-20(11-9-19)26(34)28-15-14-25(33)35-5)31-22-12-13-24(29-17-22)32-18-21(16-30-32)27(2,3)4/h8-13,16-18,23,31H,6-7,14-15H2,1-5H3,(H,28,34). The number of pyridine rings is 1. The Hall–Kier alpha value is -3.68. The second-order valence-electron chi connectivity index (χ2n) is 9.52. The molecule has 0 aliphatic heterocycles. The van der Waals surface area contributed by atoms with Crippen LogP contribution in [0.4, 0.5) is 5.69 Å². The van der Waals surface area contributed by atoms with E-state index < -0.39 is 0 Å². The predicted octanol–water partition coefficient (Wildman–Crippen LogP) is 4.81. The Kier molecular flexibility index (Phi) is 8.63. The lowest BCUT2D eigenvalue weighted by Crippen LogP contribution is -2.26. The lowest BCUT2D eigenvalue weighted by Gasteiger charge is -2.20. The average molecular weight is 478 g/mol.